The average molecular weight is 750 g/mol. The fraction of sp³-hybridized carbons (Fsp3) is 0.957. The molecule has 0 aromatic carbocycles. The summed E-state index contributed by atoms with van der Waals surface area (Å²) in [5.74, 6) is 0.628. The van der Waals surface area contributed by atoms with Gasteiger partial charge < -0.3 is 19.5 Å². The van der Waals surface area contributed by atoms with Gasteiger partial charge in [0, 0.05) is 19.4 Å². The molecule has 53 heavy (non-hydrogen) atoms. The number of rotatable bonds is 42. The standard InChI is InChI=1S/C47H91NO5/c1-4-7-10-13-16-17-21-27-34-45(43-37-38-43)53-47(51)36-29-24-31-40-48(41-42-49)39-30-23-18-22-28-35-46(50)52-44(32-25-19-14-11-8-5-2)33-26-20-15-12-9-6-3/h43-45,49H,4-42H2,1-3H3. The number of carbonyl (C=O) groups is 2. The molecule has 6 heteroatoms. The van der Waals surface area contributed by atoms with Crippen LogP contribution in [0.4, 0.5) is 0 Å². The number of unbranched alkanes of at least 4 members (excludes halogenated alkanes) is 23. The zero-order chi connectivity index (χ0) is 38.5. The Morgan fingerprint density at radius 2 is 0.868 bits per heavy atom. The molecule has 6 nitrogen and oxygen atoms in total. The van der Waals surface area contributed by atoms with Crippen LogP contribution in [0.1, 0.15) is 245 Å². The second-order valence-electron chi connectivity index (χ2n) is 16.7. The van der Waals surface area contributed by atoms with Crippen molar-refractivity contribution in [1.29, 1.82) is 0 Å². The number of aliphatic hydroxyl groups excluding tert-OH is 1. The quantitative estimate of drug-likeness (QED) is 0.0495. The number of hydrogen-bond donors (Lipinski definition) is 1. The number of aliphatic hydroxyl groups is 1. The molecule has 0 amide bonds. The fourth-order valence-corrected chi connectivity index (χ4v) is 7.77. The van der Waals surface area contributed by atoms with Gasteiger partial charge in [-0.2, -0.15) is 0 Å². The third-order valence-corrected chi connectivity index (χ3v) is 11.5. The topological polar surface area (TPSA) is 76.1 Å². The maximum atomic E-state index is 12.7. The van der Waals surface area contributed by atoms with Gasteiger partial charge >= 0.3 is 11.9 Å². The van der Waals surface area contributed by atoms with Crippen molar-refractivity contribution in [1.82, 2.24) is 4.90 Å². The van der Waals surface area contributed by atoms with Crippen molar-refractivity contribution >= 4 is 11.9 Å². The maximum Gasteiger partial charge on any atom is 0.306 e. The van der Waals surface area contributed by atoms with Crippen LogP contribution in [0.25, 0.3) is 0 Å². The maximum absolute atomic E-state index is 12.7. The summed E-state index contributed by atoms with van der Waals surface area (Å²) in [5, 5.41) is 9.60. The van der Waals surface area contributed by atoms with E-state index in [1.165, 1.54) is 141 Å². The second kappa shape index (κ2) is 37.8. The lowest BCUT2D eigenvalue weighted by molar-refractivity contribution is -0.151. The molecule has 0 bridgehead atoms. The molecule has 0 aromatic heterocycles. The fourth-order valence-electron chi connectivity index (χ4n) is 7.77. The smallest absolute Gasteiger partial charge is 0.306 e. The molecule has 0 spiro atoms. The van der Waals surface area contributed by atoms with E-state index in [0.717, 1.165) is 83.7 Å². The monoisotopic (exact) mass is 750 g/mol. The van der Waals surface area contributed by atoms with Crippen LogP contribution in [0.5, 0.6) is 0 Å². The molecule has 1 N–H and O–H groups in total. The minimum atomic E-state index is 0.00286. The summed E-state index contributed by atoms with van der Waals surface area (Å²) in [4.78, 5) is 27.7. The van der Waals surface area contributed by atoms with Gasteiger partial charge in [0.05, 0.1) is 6.61 Å². The van der Waals surface area contributed by atoms with E-state index in [0.29, 0.717) is 25.3 Å². The van der Waals surface area contributed by atoms with E-state index in [9.17, 15) is 14.7 Å². The summed E-state index contributed by atoms with van der Waals surface area (Å²) in [5.41, 5.74) is 0. The highest BCUT2D eigenvalue weighted by molar-refractivity contribution is 5.69. The molecule has 1 fully saturated rings. The van der Waals surface area contributed by atoms with Gasteiger partial charge in [0.2, 0.25) is 0 Å². The van der Waals surface area contributed by atoms with Gasteiger partial charge in [-0.25, -0.2) is 0 Å². The molecule has 1 atom stereocenters. The number of ether oxygens (including phenoxy) is 2. The Bertz CT molecular complexity index is 786. The molecule has 0 aromatic rings. The SMILES string of the molecule is CCCCCCCCCCC(OC(=O)CCCCCN(CCO)CCCCCCCC(=O)OC(CCCCCCCC)CCCCCCCC)C1CC1. The Hall–Kier alpha value is -1.14. The second-order valence-corrected chi connectivity index (χ2v) is 16.7. The number of nitrogens with zero attached hydrogens (tertiary/aromatic N) is 1. The number of hydrogen-bond acceptors (Lipinski definition) is 6. The Morgan fingerprint density at radius 1 is 0.491 bits per heavy atom. The van der Waals surface area contributed by atoms with E-state index in [1.54, 1.807) is 0 Å². The van der Waals surface area contributed by atoms with Gasteiger partial charge in [-0.15, -0.1) is 0 Å². The highest BCUT2D eigenvalue weighted by Crippen LogP contribution is 2.37. The van der Waals surface area contributed by atoms with Gasteiger partial charge in [-0.3, -0.25) is 9.59 Å². The molecule has 1 rings (SSSR count). The van der Waals surface area contributed by atoms with Crippen molar-refractivity contribution in [3.63, 3.8) is 0 Å². The molecule has 0 saturated heterocycles. The Labute approximate surface area is 330 Å². The summed E-state index contributed by atoms with van der Waals surface area (Å²) >= 11 is 0. The van der Waals surface area contributed by atoms with E-state index in [1.807, 2.05) is 0 Å². The van der Waals surface area contributed by atoms with Gasteiger partial charge in [-0.05, 0) is 96.1 Å². The molecule has 314 valence electrons. The van der Waals surface area contributed by atoms with Crippen molar-refractivity contribution < 1.29 is 24.2 Å². The first kappa shape index (κ1) is 49.9. The van der Waals surface area contributed by atoms with E-state index in [2.05, 4.69) is 25.7 Å². The van der Waals surface area contributed by atoms with Crippen LogP contribution in [0.2, 0.25) is 0 Å². The molecule has 1 aliphatic carbocycles. The third-order valence-electron chi connectivity index (χ3n) is 11.5. The summed E-state index contributed by atoms with van der Waals surface area (Å²) in [6, 6.07) is 0. The van der Waals surface area contributed by atoms with Crippen LogP contribution < -0.4 is 0 Å². The first-order chi connectivity index (χ1) is 26.0. The summed E-state index contributed by atoms with van der Waals surface area (Å²) in [6.45, 7) is 9.68. The molecular formula is C47H91NO5. The minimum absolute atomic E-state index is 0.00286. The van der Waals surface area contributed by atoms with Crippen LogP contribution >= 0.6 is 0 Å². The van der Waals surface area contributed by atoms with Gasteiger partial charge in [0.1, 0.15) is 12.2 Å². The molecule has 0 aliphatic heterocycles. The Kier molecular flexibility index (Phi) is 35.5. The van der Waals surface area contributed by atoms with Crippen LogP contribution in [0, 0.1) is 5.92 Å². The van der Waals surface area contributed by atoms with E-state index in [4.69, 9.17) is 9.47 Å². The van der Waals surface area contributed by atoms with Gasteiger partial charge in [0.15, 0.2) is 0 Å². The van der Waals surface area contributed by atoms with E-state index < -0.39 is 0 Å². The molecular weight excluding hydrogens is 659 g/mol. The lowest BCUT2D eigenvalue weighted by Gasteiger charge is -2.21. The molecule has 1 aliphatic rings. The first-order valence-corrected chi connectivity index (χ1v) is 23.8. The average Bonchev–Trinajstić information content (AvgIpc) is 4.00. The highest BCUT2D eigenvalue weighted by atomic mass is 16.5. The summed E-state index contributed by atoms with van der Waals surface area (Å²) in [7, 11) is 0. The van der Waals surface area contributed by atoms with Crippen LogP contribution in [-0.4, -0.2) is 60.4 Å². The Morgan fingerprint density at radius 3 is 1.32 bits per heavy atom. The van der Waals surface area contributed by atoms with Crippen molar-refractivity contribution in [3.05, 3.63) is 0 Å². The highest BCUT2D eigenvalue weighted by Gasteiger charge is 2.33. The van der Waals surface area contributed by atoms with E-state index >= 15 is 0 Å². The molecule has 1 unspecified atom stereocenters. The lowest BCUT2D eigenvalue weighted by atomic mass is 10.0. The summed E-state index contributed by atoms with van der Waals surface area (Å²) < 4.78 is 12.0. The third kappa shape index (κ3) is 32.8. The van der Waals surface area contributed by atoms with Crippen molar-refractivity contribution in [2.24, 2.45) is 5.92 Å². The zero-order valence-electron chi connectivity index (χ0n) is 35.8. The summed E-state index contributed by atoms with van der Waals surface area (Å²) in [6.07, 6.45) is 41.2. The molecule has 0 radical (unpaired) electrons. The zero-order valence-corrected chi connectivity index (χ0v) is 35.8. The van der Waals surface area contributed by atoms with Crippen molar-refractivity contribution in [2.75, 3.05) is 26.2 Å². The molecule has 0 heterocycles. The van der Waals surface area contributed by atoms with Crippen LogP contribution in [-0.2, 0) is 19.1 Å². The molecule has 1 saturated carbocycles. The van der Waals surface area contributed by atoms with Crippen LogP contribution in [0.3, 0.4) is 0 Å². The van der Waals surface area contributed by atoms with Gasteiger partial charge in [-0.1, -0.05) is 156 Å². The Balaban J connectivity index is 2.15. The van der Waals surface area contributed by atoms with Crippen LogP contribution in [0.15, 0.2) is 0 Å². The largest absolute Gasteiger partial charge is 0.462 e. The minimum Gasteiger partial charge on any atom is -0.462 e. The van der Waals surface area contributed by atoms with E-state index in [-0.39, 0.29) is 30.8 Å². The van der Waals surface area contributed by atoms with Crippen molar-refractivity contribution in [2.45, 2.75) is 258 Å². The van der Waals surface area contributed by atoms with Crippen molar-refractivity contribution in [3.8, 4) is 0 Å². The lowest BCUT2D eigenvalue weighted by Crippen LogP contribution is -2.29. The van der Waals surface area contributed by atoms with Gasteiger partial charge in [0.25, 0.3) is 0 Å². The predicted molar refractivity (Wildman–Crippen MR) is 225 cm³/mol. The first-order valence-electron chi connectivity index (χ1n) is 23.8. The number of carbonyl (C=O) groups excluding carboxylic acids is 2. The number of esters is 2. The predicted octanol–water partition coefficient (Wildman–Crippen LogP) is 13.4. The normalized spacial score (nSPS) is 13.6.